The summed E-state index contributed by atoms with van der Waals surface area (Å²) in [6, 6.07) is 10.7. The summed E-state index contributed by atoms with van der Waals surface area (Å²) in [5, 5.41) is 11.2. The number of rotatable bonds is 3. The molecule has 0 N–H and O–H groups in total. The van der Waals surface area contributed by atoms with Crippen LogP contribution in [0.4, 0.5) is 5.69 Å². The lowest BCUT2D eigenvalue weighted by atomic mass is 10.3. The third-order valence-electron chi connectivity index (χ3n) is 2.19. The molecule has 6 heteroatoms. The molecule has 0 aliphatic heterocycles. The van der Waals surface area contributed by atoms with Gasteiger partial charge in [0.1, 0.15) is 16.5 Å². The topological polar surface area (TPSA) is 52.4 Å². The Morgan fingerprint density at radius 2 is 1.72 bits per heavy atom. The number of nitrogens with zero attached hydrogens (tertiary/aromatic N) is 1. The maximum Gasteiger partial charge on any atom is 0.269 e. The molecule has 4 nitrogen and oxygen atoms in total. The first-order valence-electron chi connectivity index (χ1n) is 4.94. The van der Waals surface area contributed by atoms with E-state index in [4.69, 9.17) is 27.9 Å². The van der Waals surface area contributed by atoms with E-state index in [9.17, 15) is 10.1 Å². The summed E-state index contributed by atoms with van der Waals surface area (Å²) in [7, 11) is 0. The van der Waals surface area contributed by atoms with Gasteiger partial charge < -0.3 is 4.74 Å². The van der Waals surface area contributed by atoms with Gasteiger partial charge in [0.25, 0.3) is 5.69 Å². The van der Waals surface area contributed by atoms with E-state index in [1.807, 2.05) is 0 Å². The fourth-order valence-electron chi connectivity index (χ4n) is 1.33. The van der Waals surface area contributed by atoms with Crippen LogP contribution < -0.4 is 4.74 Å². The van der Waals surface area contributed by atoms with Gasteiger partial charge in [0.15, 0.2) is 0 Å². The minimum Gasteiger partial charge on any atom is -0.456 e. The number of nitro benzene ring substituents is 1. The van der Waals surface area contributed by atoms with Gasteiger partial charge in [-0.25, -0.2) is 0 Å². The van der Waals surface area contributed by atoms with Crippen molar-refractivity contribution in [1.82, 2.24) is 0 Å². The van der Waals surface area contributed by atoms with Crippen LogP contribution in [0, 0.1) is 10.1 Å². The lowest BCUT2D eigenvalue weighted by molar-refractivity contribution is -0.384. The van der Waals surface area contributed by atoms with Crippen molar-refractivity contribution in [3.05, 3.63) is 62.6 Å². The minimum atomic E-state index is -0.476. The largest absolute Gasteiger partial charge is 0.456 e. The van der Waals surface area contributed by atoms with Crippen molar-refractivity contribution in [1.29, 1.82) is 0 Å². The van der Waals surface area contributed by atoms with Crippen molar-refractivity contribution >= 4 is 28.9 Å². The average Bonchev–Trinajstić information content (AvgIpc) is 2.36. The van der Waals surface area contributed by atoms with Crippen molar-refractivity contribution in [3.63, 3.8) is 0 Å². The number of hydrogen-bond acceptors (Lipinski definition) is 3. The van der Waals surface area contributed by atoms with Crippen LogP contribution in [0.25, 0.3) is 0 Å². The monoisotopic (exact) mass is 283 g/mol. The summed E-state index contributed by atoms with van der Waals surface area (Å²) < 4.78 is 5.49. The highest BCUT2D eigenvalue weighted by Gasteiger charge is 2.08. The van der Waals surface area contributed by atoms with Crippen LogP contribution in [0.3, 0.4) is 0 Å². The predicted octanol–water partition coefficient (Wildman–Crippen LogP) is 4.69. The van der Waals surface area contributed by atoms with E-state index in [2.05, 4.69) is 0 Å². The van der Waals surface area contributed by atoms with Crippen LogP contribution in [0.5, 0.6) is 11.5 Å². The fourth-order valence-corrected chi connectivity index (χ4v) is 1.66. The van der Waals surface area contributed by atoms with Gasteiger partial charge >= 0.3 is 0 Å². The number of halogens is 2. The standard InChI is InChI=1S/C12H7Cl2NO3/c13-10-2-1-3-11(12(10)14)18-9-6-4-8(5-7-9)15(16)17/h1-7H. The van der Waals surface area contributed by atoms with Crippen molar-refractivity contribution in [2.24, 2.45) is 0 Å². The normalized spacial score (nSPS) is 10.1. The minimum absolute atomic E-state index is 0.000425. The Hall–Kier alpha value is -1.78. The second-order valence-electron chi connectivity index (χ2n) is 3.41. The van der Waals surface area contributed by atoms with Crippen LogP contribution in [0.2, 0.25) is 10.0 Å². The molecule has 0 heterocycles. The number of ether oxygens (including phenoxy) is 1. The molecule has 0 atom stereocenters. The molecule has 0 saturated carbocycles. The highest BCUT2D eigenvalue weighted by atomic mass is 35.5. The third kappa shape index (κ3) is 2.72. The Labute approximate surface area is 113 Å². The molecular weight excluding hydrogens is 277 g/mol. The van der Waals surface area contributed by atoms with Gasteiger partial charge in [-0.05, 0) is 24.3 Å². The molecule has 0 aliphatic carbocycles. The zero-order valence-electron chi connectivity index (χ0n) is 8.97. The van der Waals surface area contributed by atoms with Crippen molar-refractivity contribution < 1.29 is 9.66 Å². The number of benzene rings is 2. The fraction of sp³-hybridized carbons (Fsp3) is 0. The van der Waals surface area contributed by atoms with Crippen LogP contribution in [0.1, 0.15) is 0 Å². The molecule has 0 aliphatic rings. The average molecular weight is 284 g/mol. The van der Waals surface area contributed by atoms with E-state index in [0.717, 1.165) is 0 Å². The van der Waals surface area contributed by atoms with Gasteiger partial charge in [-0.2, -0.15) is 0 Å². The maximum absolute atomic E-state index is 10.5. The third-order valence-corrected chi connectivity index (χ3v) is 2.99. The molecule has 0 bridgehead atoms. The quantitative estimate of drug-likeness (QED) is 0.606. The van der Waals surface area contributed by atoms with E-state index < -0.39 is 4.92 Å². The molecule has 0 radical (unpaired) electrons. The van der Waals surface area contributed by atoms with Gasteiger partial charge in [-0.15, -0.1) is 0 Å². The first-order chi connectivity index (χ1) is 8.58. The lowest BCUT2D eigenvalue weighted by Gasteiger charge is -2.07. The summed E-state index contributed by atoms with van der Waals surface area (Å²) in [6.45, 7) is 0. The van der Waals surface area contributed by atoms with Gasteiger partial charge in [-0.1, -0.05) is 29.3 Å². The van der Waals surface area contributed by atoms with E-state index in [-0.39, 0.29) is 5.69 Å². The Balaban J connectivity index is 2.24. The molecule has 0 fully saturated rings. The van der Waals surface area contributed by atoms with E-state index >= 15 is 0 Å². The molecule has 2 aromatic carbocycles. The Bertz CT molecular complexity index is 584. The Morgan fingerprint density at radius 1 is 1.06 bits per heavy atom. The van der Waals surface area contributed by atoms with Gasteiger partial charge in [0, 0.05) is 12.1 Å². The molecule has 0 aromatic heterocycles. The summed E-state index contributed by atoms with van der Waals surface area (Å²) in [5.74, 6) is 0.850. The van der Waals surface area contributed by atoms with Crippen LogP contribution in [-0.2, 0) is 0 Å². The van der Waals surface area contributed by atoms with Gasteiger partial charge in [0.2, 0.25) is 0 Å². The molecule has 18 heavy (non-hydrogen) atoms. The lowest BCUT2D eigenvalue weighted by Crippen LogP contribution is -1.89. The number of hydrogen-bond donors (Lipinski definition) is 0. The summed E-state index contributed by atoms with van der Waals surface area (Å²) in [5.41, 5.74) is -0.000425. The van der Waals surface area contributed by atoms with Crippen molar-refractivity contribution in [2.45, 2.75) is 0 Å². The van der Waals surface area contributed by atoms with Crippen LogP contribution in [0.15, 0.2) is 42.5 Å². The van der Waals surface area contributed by atoms with E-state index in [1.54, 1.807) is 18.2 Å². The smallest absolute Gasteiger partial charge is 0.269 e. The second-order valence-corrected chi connectivity index (χ2v) is 4.19. The molecule has 0 unspecified atom stereocenters. The zero-order valence-corrected chi connectivity index (χ0v) is 10.5. The first-order valence-corrected chi connectivity index (χ1v) is 5.70. The molecule has 92 valence electrons. The Kier molecular flexibility index (Phi) is 3.69. The van der Waals surface area contributed by atoms with Gasteiger partial charge in [0.05, 0.1) is 9.95 Å². The number of nitro groups is 1. The summed E-state index contributed by atoms with van der Waals surface area (Å²) >= 11 is 11.8. The van der Waals surface area contributed by atoms with E-state index in [1.165, 1.54) is 24.3 Å². The van der Waals surface area contributed by atoms with E-state index in [0.29, 0.717) is 21.5 Å². The van der Waals surface area contributed by atoms with Crippen LogP contribution >= 0.6 is 23.2 Å². The van der Waals surface area contributed by atoms with Gasteiger partial charge in [-0.3, -0.25) is 10.1 Å². The maximum atomic E-state index is 10.5. The molecular formula is C12H7Cl2NO3. The second kappa shape index (κ2) is 5.25. The zero-order chi connectivity index (χ0) is 13.1. The molecule has 0 saturated heterocycles. The SMILES string of the molecule is O=[N+]([O-])c1ccc(Oc2cccc(Cl)c2Cl)cc1. The highest BCUT2D eigenvalue weighted by molar-refractivity contribution is 6.42. The summed E-state index contributed by atoms with van der Waals surface area (Å²) in [6.07, 6.45) is 0. The Morgan fingerprint density at radius 3 is 2.33 bits per heavy atom. The summed E-state index contributed by atoms with van der Waals surface area (Å²) in [4.78, 5) is 10.0. The molecule has 0 amide bonds. The van der Waals surface area contributed by atoms with Crippen LogP contribution in [-0.4, -0.2) is 4.92 Å². The predicted molar refractivity (Wildman–Crippen MR) is 69.6 cm³/mol. The first kappa shape index (κ1) is 12.7. The number of non-ortho nitro benzene ring substituents is 1. The van der Waals surface area contributed by atoms with Crippen molar-refractivity contribution in [2.75, 3.05) is 0 Å². The highest BCUT2D eigenvalue weighted by Crippen LogP contribution is 2.34. The van der Waals surface area contributed by atoms with Crippen molar-refractivity contribution in [3.8, 4) is 11.5 Å². The molecule has 0 spiro atoms. The molecule has 2 aromatic rings. The molecule has 2 rings (SSSR count).